The van der Waals surface area contributed by atoms with E-state index in [-0.39, 0.29) is 5.91 Å². The molecule has 0 spiro atoms. The number of nitrogens with one attached hydrogen (secondary N) is 1. The SMILES string of the molecule is COc1ccc(/C=N\NC(=O)c2sccc2-c2ccc(C)cc2)cc1OC. The Bertz CT molecular complexity index is 962. The smallest absolute Gasteiger partial charge is 0.282 e. The third-order valence-electron chi connectivity index (χ3n) is 4.02. The minimum atomic E-state index is -0.239. The van der Waals surface area contributed by atoms with E-state index in [0.717, 1.165) is 16.7 Å². The summed E-state index contributed by atoms with van der Waals surface area (Å²) in [7, 11) is 3.16. The van der Waals surface area contributed by atoms with E-state index < -0.39 is 0 Å². The molecular formula is C21H20N2O3S. The Labute approximate surface area is 162 Å². The van der Waals surface area contributed by atoms with Crippen LogP contribution < -0.4 is 14.9 Å². The lowest BCUT2D eigenvalue weighted by atomic mass is 10.1. The van der Waals surface area contributed by atoms with Crippen LogP contribution in [0.25, 0.3) is 11.1 Å². The second-order valence-electron chi connectivity index (χ2n) is 5.84. The van der Waals surface area contributed by atoms with Crippen LogP contribution in [0.4, 0.5) is 0 Å². The third kappa shape index (κ3) is 4.35. The molecule has 0 aliphatic carbocycles. The first-order chi connectivity index (χ1) is 13.1. The van der Waals surface area contributed by atoms with Gasteiger partial charge in [-0.25, -0.2) is 5.43 Å². The van der Waals surface area contributed by atoms with E-state index in [1.165, 1.54) is 16.9 Å². The Balaban J connectivity index is 1.73. The van der Waals surface area contributed by atoms with Crippen molar-refractivity contribution in [2.45, 2.75) is 6.92 Å². The largest absolute Gasteiger partial charge is 0.493 e. The molecule has 0 aliphatic rings. The van der Waals surface area contributed by atoms with Crippen LogP contribution in [0.2, 0.25) is 0 Å². The van der Waals surface area contributed by atoms with Crippen LogP contribution in [0.15, 0.2) is 59.0 Å². The van der Waals surface area contributed by atoms with Crippen molar-refractivity contribution in [3.8, 4) is 22.6 Å². The fourth-order valence-corrected chi connectivity index (χ4v) is 3.40. The van der Waals surface area contributed by atoms with Crippen molar-refractivity contribution in [2.75, 3.05) is 14.2 Å². The number of methoxy groups -OCH3 is 2. The van der Waals surface area contributed by atoms with Gasteiger partial charge in [0.15, 0.2) is 11.5 Å². The number of hydrazone groups is 1. The molecule has 0 radical (unpaired) electrons. The zero-order valence-corrected chi connectivity index (χ0v) is 16.2. The molecule has 138 valence electrons. The maximum absolute atomic E-state index is 12.5. The number of benzene rings is 2. The number of carbonyl (C=O) groups is 1. The maximum Gasteiger partial charge on any atom is 0.282 e. The van der Waals surface area contributed by atoms with Crippen molar-refractivity contribution < 1.29 is 14.3 Å². The van der Waals surface area contributed by atoms with Crippen LogP contribution in [0, 0.1) is 6.92 Å². The third-order valence-corrected chi connectivity index (χ3v) is 4.93. The first-order valence-corrected chi connectivity index (χ1v) is 9.20. The van der Waals surface area contributed by atoms with E-state index >= 15 is 0 Å². The average molecular weight is 380 g/mol. The number of rotatable bonds is 6. The molecule has 0 saturated heterocycles. The summed E-state index contributed by atoms with van der Waals surface area (Å²) in [5.74, 6) is 1.00. The van der Waals surface area contributed by atoms with Crippen LogP contribution in [-0.2, 0) is 0 Å². The average Bonchev–Trinajstić information content (AvgIpc) is 3.18. The first-order valence-electron chi connectivity index (χ1n) is 8.32. The highest BCUT2D eigenvalue weighted by molar-refractivity contribution is 7.12. The highest BCUT2D eigenvalue weighted by Crippen LogP contribution is 2.29. The predicted molar refractivity (Wildman–Crippen MR) is 109 cm³/mol. The minimum Gasteiger partial charge on any atom is -0.493 e. The van der Waals surface area contributed by atoms with Crippen molar-refractivity contribution in [2.24, 2.45) is 5.10 Å². The highest BCUT2D eigenvalue weighted by Gasteiger charge is 2.14. The molecule has 1 aromatic heterocycles. The van der Waals surface area contributed by atoms with Crippen LogP contribution >= 0.6 is 11.3 Å². The van der Waals surface area contributed by atoms with Crippen LogP contribution in [0.3, 0.4) is 0 Å². The van der Waals surface area contributed by atoms with Gasteiger partial charge in [0.25, 0.3) is 5.91 Å². The zero-order valence-electron chi connectivity index (χ0n) is 15.4. The summed E-state index contributed by atoms with van der Waals surface area (Å²) in [6.45, 7) is 2.04. The number of amides is 1. The van der Waals surface area contributed by atoms with Gasteiger partial charge in [-0.2, -0.15) is 5.10 Å². The number of hydrogen-bond donors (Lipinski definition) is 1. The molecule has 3 rings (SSSR count). The fourth-order valence-electron chi connectivity index (χ4n) is 2.59. The lowest BCUT2D eigenvalue weighted by molar-refractivity contribution is 0.0960. The topological polar surface area (TPSA) is 59.9 Å². The molecule has 0 bridgehead atoms. The monoisotopic (exact) mass is 380 g/mol. The number of ether oxygens (including phenoxy) is 2. The molecule has 2 aromatic carbocycles. The van der Waals surface area contributed by atoms with Crippen molar-refractivity contribution in [3.05, 3.63) is 69.9 Å². The molecule has 1 amide bonds. The van der Waals surface area contributed by atoms with E-state index in [4.69, 9.17) is 9.47 Å². The number of aryl methyl sites for hydroxylation is 1. The molecule has 27 heavy (non-hydrogen) atoms. The van der Waals surface area contributed by atoms with Crippen LogP contribution in [0.5, 0.6) is 11.5 Å². The van der Waals surface area contributed by atoms with E-state index in [1.807, 2.05) is 48.7 Å². The van der Waals surface area contributed by atoms with Crippen molar-refractivity contribution in [1.29, 1.82) is 0 Å². The summed E-state index contributed by atoms with van der Waals surface area (Å²) in [6.07, 6.45) is 1.57. The van der Waals surface area contributed by atoms with Gasteiger partial charge >= 0.3 is 0 Å². The van der Waals surface area contributed by atoms with E-state index in [2.05, 4.69) is 10.5 Å². The number of hydrogen-bond acceptors (Lipinski definition) is 5. The molecule has 0 saturated carbocycles. The maximum atomic E-state index is 12.5. The van der Waals surface area contributed by atoms with Gasteiger partial charge in [-0.3, -0.25) is 4.79 Å². The molecule has 0 atom stereocenters. The van der Waals surface area contributed by atoms with E-state index in [0.29, 0.717) is 16.4 Å². The van der Waals surface area contributed by atoms with Gasteiger partial charge in [0.2, 0.25) is 0 Å². The van der Waals surface area contributed by atoms with E-state index in [1.54, 1.807) is 32.6 Å². The summed E-state index contributed by atoms with van der Waals surface area (Å²) in [5, 5.41) is 5.97. The van der Waals surface area contributed by atoms with Crippen molar-refractivity contribution in [1.82, 2.24) is 5.43 Å². The Morgan fingerprint density at radius 3 is 2.48 bits per heavy atom. The van der Waals surface area contributed by atoms with Gasteiger partial charge in [-0.1, -0.05) is 29.8 Å². The van der Waals surface area contributed by atoms with Gasteiger partial charge in [0, 0.05) is 5.56 Å². The Morgan fingerprint density at radius 2 is 1.78 bits per heavy atom. The molecule has 0 aliphatic heterocycles. The zero-order chi connectivity index (χ0) is 19.2. The van der Waals surface area contributed by atoms with Crippen molar-refractivity contribution >= 4 is 23.5 Å². The molecule has 1 heterocycles. The van der Waals surface area contributed by atoms with Crippen LogP contribution in [0.1, 0.15) is 20.8 Å². The van der Waals surface area contributed by atoms with Gasteiger partial charge in [0.05, 0.1) is 20.4 Å². The Hall–Kier alpha value is -3.12. The molecular weight excluding hydrogens is 360 g/mol. The quantitative estimate of drug-likeness (QED) is 0.506. The predicted octanol–water partition coefficient (Wildman–Crippen LogP) is 4.50. The molecule has 0 fully saturated rings. The Morgan fingerprint density at radius 1 is 1.04 bits per heavy atom. The molecule has 5 nitrogen and oxygen atoms in total. The fraction of sp³-hybridized carbons (Fsp3) is 0.143. The minimum absolute atomic E-state index is 0.239. The summed E-state index contributed by atoms with van der Waals surface area (Å²) < 4.78 is 10.5. The van der Waals surface area contributed by atoms with E-state index in [9.17, 15) is 4.79 Å². The first kappa shape index (κ1) is 18.7. The van der Waals surface area contributed by atoms with Crippen LogP contribution in [-0.4, -0.2) is 26.3 Å². The highest BCUT2D eigenvalue weighted by atomic mass is 32.1. The molecule has 3 aromatic rings. The number of thiophene rings is 1. The molecule has 1 N–H and O–H groups in total. The molecule has 6 heteroatoms. The standard InChI is InChI=1S/C21H20N2O3S/c1-14-4-7-16(8-5-14)17-10-11-27-20(17)21(24)23-22-13-15-6-9-18(25-2)19(12-15)26-3/h4-13H,1-3H3,(H,23,24)/b22-13-. The van der Waals surface area contributed by atoms with Gasteiger partial charge in [-0.05, 0) is 47.7 Å². The second kappa shape index (κ2) is 8.51. The lowest BCUT2D eigenvalue weighted by Gasteiger charge is -2.07. The van der Waals surface area contributed by atoms with Gasteiger partial charge in [0.1, 0.15) is 4.88 Å². The Kier molecular flexibility index (Phi) is 5.88. The summed E-state index contributed by atoms with van der Waals surface area (Å²) in [4.78, 5) is 13.1. The van der Waals surface area contributed by atoms with Gasteiger partial charge in [-0.15, -0.1) is 11.3 Å². The van der Waals surface area contributed by atoms with Crippen molar-refractivity contribution in [3.63, 3.8) is 0 Å². The summed E-state index contributed by atoms with van der Waals surface area (Å²) >= 11 is 1.39. The molecule has 0 unspecified atom stereocenters. The normalized spacial score (nSPS) is 10.8. The number of nitrogens with zero attached hydrogens (tertiary/aromatic N) is 1. The lowest BCUT2D eigenvalue weighted by Crippen LogP contribution is -2.17. The second-order valence-corrected chi connectivity index (χ2v) is 6.76. The number of carbonyl (C=O) groups excluding carboxylic acids is 1. The summed E-state index contributed by atoms with van der Waals surface area (Å²) in [6, 6.07) is 15.5. The van der Waals surface area contributed by atoms with Gasteiger partial charge < -0.3 is 9.47 Å². The summed E-state index contributed by atoms with van der Waals surface area (Å²) in [5.41, 5.74) is 6.47.